The molecule has 1 amide bonds. The molecule has 1 N–H and O–H groups in total. The van der Waals surface area contributed by atoms with E-state index in [0.29, 0.717) is 18.2 Å². The first-order valence-electron chi connectivity index (χ1n) is 4.90. The number of amides is 1. The van der Waals surface area contributed by atoms with Crippen LogP contribution in [0.1, 0.15) is 42.7 Å². The zero-order valence-corrected chi connectivity index (χ0v) is 8.87. The summed E-state index contributed by atoms with van der Waals surface area (Å²) in [4.78, 5) is 15.7. The molecule has 1 aromatic rings. The van der Waals surface area contributed by atoms with Gasteiger partial charge in [-0.15, -0.1) is 0 Å². The van der Waals surface area contributed by atoms with E-state index in [2.05, 4.69) is 24.1 Å². The third-order valence-electron chi connectivity index (χ3n) is 2.01. The second-order valence-corrected chi connectivity index (χ2v) is 3.46. The summed E-state index contributed by atoms with van der Waals surface area (Å²) in [6.07, 6.45) is 1.65. The van der Waals surface area contributed by atoms with Crippen LogP contribution in [-0.4, -0.2) is 17.4 Å². The average Bonchev–Trinajstić information content (AvgIpc) is 2.18. The molecule has 3 heteroatoms. The van der Waals surface area contributed by atoms with Crippen molar-refractivity contribution < 1.29 is 4.79 Å². The molecule has 0 aliphatic carbocycles. The van der Waals surface area contributed by atoms with Crippen LogP contribution < -0.4 is 5.32 Å². The third kappa shape index (κ3) is 2.31. The Kier molecular flexibility index (Phi) is 3.63. The number of hydrogen-bond acceptors (Lipinski definition) is 2. The highest BCUT2D eigenvalue weighted by atomic mass is 16.1. The monoisotopic (exact) mass is 192 g/mol. The van der Waals surface area contributed by atoms with Crippen molar-refractivity contribution in [1.29, 1.82) is 0 Å². The molecule has 3 nitrogen and oxygen atoms in total. The fraction of sp³-hybridized carbons (Fsp3) is 0.455. The summed E-state index contributed by atoms with van der Waals surface area (Å²) in [6.45, 7) is 6.64. The Morgan fingerprint density at radius 3 is 2.86 bits per heavy atom. The largest absolute Gasteiger partial charge is 0.351 e. The second kappa shape index (κ2) is 4.74. The van der Waals surface area contributed by atoms with Gasteiger partial charge in [0.25, 0.3) is 5.91 Å². The van der Waals surface area contributed by atoms with Gasteiger partial charge in [-0.2, -0.15) is 0 Å². The molecule has 0 fully saturated rings. The molecule has 0 saturated heterocycles. The van der Waals surface area contributed by atoms with Crippen molar-refractivity contribution in [1.82, 2.24) is 10.3 Å². The summed E-state index contributed by atoms with van der Waals surface area (Å²) in [5, 5.41) is 2.76. The van der Waals surface area contributed by atoms with E-state index in [-0.39, 0.29) is 5.91 Å². The van der Waals surface area contributed by atoms with E-state index in [1.54, 1.807) is 6.20 Å². The van der Waals surface area contributed by atoms with Crippen LogP contribution in [0.25, 0.3) is 0 Å². The van der Waals surface area contributed by atoms with Gasteiger partial charge in [0.05, 0.1) is 0 Å². The van der Waals surface area contributed by atoms with Crippen LogP contribution in [0.2, 0.25) is 0 Å². The fourth-order valence-electron chi connectivity index (χ4n) is 1.32. The number of nitrogens with zero attached hydrogens (tertiary/aromatic N) is 1. The quantitative estimate of drug-likeness (QED) is 0.795. The summed E-state index contributed by atoms with van der Waals surface area (Å²) in [6, 6.07) is 3.81. The first-order valence-corrected chi connectivity index (χ1v) is 4.90. The van der Waals surface area contributed by atoms with Crippen molar-refractivity contribution in [3.63, 3.8) is 0 Å². The van der Waals surface area contributed by atoms with E-state index in [0.717, 1.165) is 5.56 Å². The Labute approximate surface area is 84.6 Å². The molecule has 0 aliphatic heterocycles. The molecule has 0 aliphatic rings. The lowest BCUT2D eigenvalue weighted by atomic mass is 10.0. The second-order valence-electron chi connectivity index (χ2n) is 3.46. The topological polar surface area (TPSA) is 42.0 Å². The van der Waals surface area contributed by atoms with Crippen molar-refractivity contribution in [3.05, 3.63) is 29.6 Å². The Morgan fingerprint density at radius 1 is 1.57 bits per heavy atom. The maximum absolute atomic E-state index is 11.6. The van der Waals surface area contributed by atoms with E-state index >= 15 is 0 Å². The number of rotatable bonds is 3. The zero-order chi connectivity index (χ0) is 10.6. The lowest BCUT2D eigenvalue weighted by Crippen LogP contribution is -2.25. The van der Waals surface area contributed by atoms with Crippen LogP contribution in [0.4, 0.5) is 0 Å². The summed E-state index contributed by atoms with van der Waals surface area (Å²) in [5.74, 6) is 0.234. The van der Waals surface area contributed by atoms with Crippen molar-refractivity contribution in [2.75, 3.05) is 6.54 Å². The van der Waals surface area contributed by atoms with Crippen molar-refractivity contribution in [3.8, 4) is 0 Å². The molecule has 0 atom stereocenters. The molecule has 0 saturated carbocycles. The van der Waals surface area contributed by atoms with Crippen LogP contribution in [0.5, 0.6) is 0 Å². The highest BCUT2D eigenvalue weighted by Crippen LogP contribution is 2.16. The van der Waals surface area contributed by atoms with E-state index < -0.39 is 0 Å². The Bertz CT molecular complexity index is 321. The summed E-state index contributed by atoms with van der Waals surface area (Å²) < 4.78 is 0. The van der Waals surface area contributed by atoms with Gasteiger partial charge in [0.2, 0.25) is 0 Å². The lowest BCUT2D eigenvalue weighted by Gasteiger charge is -2.10. The zero-order valence-electron chi connectivity index (χ0n) is 8.87. The van der Waals surface area contributed by atoms with Crippen LogP contribution in [0.3, 0.4) is 0 Å². The highest BCUT2D eigenvalue weighted by Gasteiger charge is 2.13. The summed E-state index contributed by atoms with van der Waals surface area (Å²) in [5.41, 5.74) is 1.54. The van der Waals surface area contributed by atoms with Gasteiger partial charge < -0.3 is 5.32 Å². The van der Waals surface area contributed by atoms with E-state index in [9.17, 15) is 4.79 Å². The first kappa shape index (κ1) is 10.7. The third-order valence-corrected chi connectivity index (χ3v) is 2.01. The van der Waals surface area contributed by atoms with Gasteiger partial charge in [0.1, 0.15) is 5.69 Å². The smallest absolute Gasteiger partial charge is 0.270 e. The SMILES string of the molecule is CCNC(=O)c1ncccc1C(C)C. The van der Waals surface area contributed by atoms with Gasteiger partial charge in [-0.1, -0.05) is 19.9 Å². The highest BCUT2D eigenvalue weighted by molar-refractivity contribution is 5.93. The summed E-state index contributed by atoms with van der Waals surface area (Å²) in [7, 11) is 0. The molecule has 0 radical (unpaired) electrons. The standard InChI is InChI=1S/C11H16N2O/c1-4-12-11(14)10-9(8(2)3)6-5-7-13-10/h5-8H,4H2,1-3H3,(H,12,14). The molecule has 0 bridgehead atoms. The minimum absolute atomic E-state index is 0.0863. The molecule has 14 heavy (non-hydrogen) atoms. The number of hydrogen-bond donors (Lipinski definition) is 1. The molecular formula is C11H16N2O. The molecule has 1 rings (SSSR count). The molecule has 0 unspecified atom stereocenters. The minimum atomic E-state index is -0.0863. The van der Waals surface area contributed by atoms with Gasteiger partial charge in [-0.05, 0) is 24.5 Å². The lowest BCUT2D eigenvalue weighted by molar-refractivity contribution is 0.0949. The predicted octanol–water partition coefficient (Wildman–Crippen LogP) is 1.95. The molecule has 0 aromatic carbocycles. The van der Waals surface area contributed by atoms with Gasteiger partial charge >= 0.3 is 0 Å². The minimum Gasteiger partial charge on any atom is -0.351 e. The van der Waals surface area contributed by atoms with Crippen molar-refractivity contribution in [2.45, 2.75) is 26.7 Å². The van der Waals surface area contributed by atoms with Gasteiger partial charge in [0.15, 0.2) is 0 Å². The Hall–Kier alpha value is -1.38. The van der Waals surface area contributed by atoms with Gasteiger partial charge in [-0.3, -0.25) is 9.78 Å². The van der Waals surface area contributed by atoms with E-state index in [1.165, 1.54) is 0 Å². The number of carbonyl (C=O) groups excluding carboxylic acids is 1. The van der Waals surface area contributed by atoms with E-state index in [1.807, 2.05) is 19.1 Å². The van der Waals surface area contributed by atoms with Crippen LogP contribution in [-0.2, 0) is 0 Å². The van der Waals surface area contributed by atoms with Crippen molar-refractivity contribution in [2.24, 2.45) is 0 Å². The number of carbonyl (C=O) groups is 1. The maximum atomic E-state index is 11.6. The fourth-order valence-corrected chi connectivity index (χ4v) is 1.32. The number of aromatic nitrogens is 1. The Balaban J connectivity index is 3.00. The molecule has 1 aromatic heterocycles. The average molecular weight is 192 g/mol. The molecule has 0 spiro atoms. The number of nitrogens with one attached hydrogen (secondary N) is 1. The molecule has 1 heterocycles. The van der Waals surface area contributed by atoms with Crippen LogP contribution >= 0.6 is 0 Å². The van der Waals surface area contributed by atoms with Crippen LogP contribution in [0, 0.1) is 0 Å². The van der Waals surface area contributed by atoms with E-state index in [4.69, 9.17) is 0 Å². The van der Waals surface area contributed by atoms with Gasteiger partial charge in [-0.25, -0.2) is 0 Å². The normalized spacial score (nSPS) is 10.3. The maximum Gasteiger partial charge on any atom is 0.270 e. The Morgan fingerprint density at radius 2 is 2.29 bits per heavy atom. The predicted molar refractivity (Wildman–Crippen MR) is 56.3 cm³/mol. The number of pyridine rings is 1. The summed E-state index contributed by atoms with van der Waals surface area (Å²) >= 11 is 0. The van der Waals surface area contributed by atoms with Crippen molar-refractivity contribution >= 4 is 5.91 Å². The molecular weight excluding hydrogens is 176 g/mol. The first-order chi connectivity index (χ1) is 6.66. The van der Waals surface area contributed by atoms with Gasteiger partial charge in [0, 0.05) is 12.7 Å². The van der Waals surface area contributed by atoms with Crippen LogP contribution in [0.15, 0.2) is 18.3 Å². The molecule has 76 valence electrons.